The van der Waals surface area contributed by atoms with Crippen LogP contribution < -0.4 is 0 Å². The molecule has 1 aliphatic heterocycles. The van der Waals surface area contributed by atoms with Crippen LogP contribution in [-0.4, -0.2) is 31.1 Å². The first-order valence-electron chi connectivity index (χ1n) is 7.27. The molecule has 2 nitrogen and oxygen atoms in total. The highest BCUT2D eigenvalue weighted by Gasteiger charge is 2.25. The number of halogens is 1. The van der Waals surface area contributed by atoms with Crippen molar-refractivity contribution >= 4 is 12.4 Å². The predicted molar refractivity (Wildman–Crippen MR) is 89.0 cm³/mol. The highest BCUT2D eigenvalue weighted by atomic mass is 35.5. The van der Waals surface area contributed by atoms with E-state index in [0.29, 0.717) is 6.10 Å². The van der Waals surface area contributed by atoms with Crippen molar-refractivity contribution in [3.8, 4) is 0 Å². The number of ether oxygens (including phenoxy) is 1. The van der Waals surface area contributed by atoms with Gasteiger partial charge in [0, 0.05) is 13.1 Å². The van der Waals surface area contributed by atoms with Crippen molar-refractivity contribution in [1.29, 1.82) is 0 Å². The standard InChI is InChI=1S/C18H21NO.ClH/c1-19-13-12-17(14-19)20-18(15-8-4-2-5-9-15)16-10-6-3-7-11-16;/h2-11,17-18H,12-14H2,1H3;1H. The van der Waals surface area contributed by atoms with Crippen LogP contribution in [0.25, 0.3) is 0 Å². The van der Waals surface area contributed by atoms with Gasteiger partial charge < -0.3 is 9.64 Å². The minimum atomic E-state index is 0. The van der Waals surface area contributed by atoms with Gasteiger partial charge in [-0.1, -0.05) is 60.7 Å². The first-order chi connectivity index (χ1) is 9.83. The minimum Gasteiger partial charge on any atom is -0.364 e. The lowest BCUT2D eigenvalue weighted by Crippen LogP contribution is -2.21. The molecule has 0 saturated carbocycles. The third-order valence-electron chi connectivity index (χ3n) is 3.88. The molecule has 0 amide bonds. The molecule has 0 radical (unpaired) electrons. The maximum Gasteiger partial charge on any atom is 0.108 e. The van der Waals surface area contributed by atoms with Crippen LogP contribution in [0.2, 0.25) is 0 Å². The van der Waals surface area contributed by atoms with Crippen LogP contribution >= 0.6 is 12.4 Å². The van der Waals surface area contributed by atoms with Gasteiger partial charge in [0.05, 0.1) is 6.10 Å². The summed E-state index contributed by atoms with van der Waals surface area (Å²) in [5.74, 6) is 0. The molecule has 1 atom stereocenters. The lowest BCUT2D eigenvalue weighted by Gasteiger charge is -2.23. The van der Waals surface area contributed by atoms with Crippen molar-refractivity contribution < 1.29 is 4.74 Å². The molecule has 1 aliphatic rings. The van der Waals surface area contributed by atoms with Crippen molar-refractivity contribution in [2.75, 3.05) is 20.1 Å². The van der Waals surface area contributed by atoms with Gasteiger partial charge in [-0.05, 0) is 24.6 Å². The summed E-state index contributed by atoms with van der Waals surface area (Å²) in [7, 11) is 2.16. The molecular weight excluding hydrogens is 282 g/mol. The maximum absolute atomic E-state index is 6.41. The fourth-order valence-electron chi connectivity index (χ4n) is 2.80. The fraction of sp³-hybridized carbons (Fsp3) is 0.333. The molecule has 2 aromatic carbocycles. The van der Waals surface area contributed by atoms with Crippen LogP contribution in [0, 0.1) is 0 Å². The Balaban J connectivity index is 0.00000161. The number of hydrogen-bond donors (Lipinski definition) is 0. The largest absolute Gasteiger partial charge is 0.364 e. The highest BCUT2D eigenvalue weighted by molar-refractivity contribution is 5.85. The van der Waals surface area contributed by atoms with Crippen LogP contribution in [0.1, 0.15) is 23.7 Å². The van der Waals surface area contributed by atoms with Gasteiger partial charge in [0.2, 0.25) is 0 Å². The molecule has 1 unspecified atom stereocenters. The van der Waals surface area contributed by atoms with Crippen molar-refractivity contribution in [1.82, 2.24) is 4.90 Å². The number of nitrogens with zero attached hydrogens (tertiary/aromatic N) is 1. The van der Waals surface area contributed by atoms with Crippen LogP contribution in [0.4, 0.5) is 0 Å². The smallest absolute Gasteiger partial charge is 0.108 e. The van der Waals surface area contributed by atoms with Crippen LogP contribution in [0.5, 0.6) is 0 Å². The molecule has 3 rings (SSSR count). The van der Waals surface area contributed by atoms with Gasteiger partial charge in [-0.25, -0.2) is 0 Å². The minimum absolute atomic E-state index is 0. The summed E-state index contributed by atoms with van der Waals surface area (Å²) in [5.41, 5.74) is 2.46. The lowest BCUT2D eigenvalue weighted by molar-refractivity contribution is 0.0155. The zero-order valence-electron chi connectivity index (χ0n) is 12.3. The van der Waals surface area contributed by atoms with Gasteiger partial charge in [-0.15, -0.1) is 12.4 Å². The quantitative estimate of drug-likeness (QED) is 0.849. The summed E-state index contributed by atoms with van der Waals surface area (Å²) in [6.07, 6.45) is 1.48. The van der Waals surface area contributed by atoms with Gasteiger partial charge in [0.15, 0.2) is 0 Å². The molecular formula is C18H22ClNO. The Hall–Kier alpha value is -1.35. The van der Waals surface area contributed by atoms with E-state index >= 15 is 0 Å². The number of benzene rings is 2. The number of rotatable bonds is 4. The van der Waals surface area contributed by atoms with Gasteiger partial charge in [-0.2, -0.15) is 0 Å². The van der Waals surface area contributed by atoms with Gasteiger partial charge in [-0.3, -0.25) is 0 Å². The first kappa shape index (κ1) is 16.0. The highest BCUT2D eigenvalue weighted by Crippen LogP contribution is 2.29. The fourth-order valence-corrected chi connectivity index (χ4v) is 2.80. The van der Waals surface area contributed by atoms with E-state index in [4.69, 9.17) is 4.74 Å². The second-order valence-electron chi connectivity index (χ2n) is 5.51. The third-order valence-corrected chi connectivity index (χ3v) is 3.88. The molecule has 21 heavy (non-hydrogen) atoms. The van der Waals surface area contributed by atoms with E-state index in [1.54, 1.807) is 0 Å². The lowest BCUT2D eigenvalue weighted by atomic mass is 10.0. The molecule has 0 aliphatic carbocycles. The summed E-state index contributed by atoms with van der Waals surface area (Å²) in [4.78, 5) is 2.33. The number of hydrogen-bond acceptors (Lipinski definition) is 2. The Morgan fingerprint density at radius 2 is 1.48 bits per heavy atom. The summed E-state index contributed by atoms with van der Waals surface area (Å²) in [6.45, 7) is 2.15. The average Bonchev–Trinajstić information content (AvgIpc) is 2.92. The molecule has 112 valence electrons. The molecule has 2 aromatic rings. The van der Waals surface area contributed by atoms with Gasteiger partial charge >= 0.3 is 0 Å². The van der Waals surface area contributed by atoms with E-state index in [0.717, 1.165) is 19.5 Å². The maximum atomic E-state index is 6.41. The van der Waals surface area contributed by atoms with E-state index in [9.17, 15) is 0 Å². The molecule has 3 heteroatoms. The predicted octanol–water partition coefficient (Wildman–Crippen LogP) is 3.92. The van der Waals surface area contributed by atoms with E-state index in [-0.39, 0.29) is 18.5 Å². The summed E-state index contributed by atoms with van der Waals surface area (Å²) in [5, 5.41) is 0. The Kier molecular flexibility index (Phi) is 5.80. The molecule has 0 N–H and O–H groups in total. The summed E-state index contributed by atoms with van der Waals surface area (Å²) in [6, 6.07) is 21.0. The Morgan fingerprint density at radius 1 is 0.952 bits per heavy atom. The van der Waals surface area contributed by atoms with Gasteiger partial charge in [0.1, 0.15) is 6.10 Å². The Morgan fingerprint density at radius 3 is 1.90 bits per heavy atom. The monoisotopic (exact) mass is 303 g/mol. The van der Waals surface area contributed by atoms with Crippen LogP contribution in [0.15, 0.2) is 60.7 Å². The van der Waals surface area contributed by atoms with E-state index in [1.807, 2.05) is 0 Å². The van der Waals surface area contributed by atoms with Crippen LogP contribution in [-0.2, 0) is 4.74 Å². The summed E-state index contributed by atoms with van der Waals surface area (Å²) >= 11 is 0. The van der Waals surface area contributed by atoms with E-state index in [2.05, 4.69) is 72.6 Å². The van der Waals surface area contributed by atoms with Crippen LogP contribution in [0.3, 0.4) is 0 Å². The molecule has 0 spiro atoms. The topological polar surface area (TPSA) is 12.5 Å². The summed E-state index contributed by atoms with van der Waals surface area (Å²) < 4.78 is 6.41. The normalized spacial score (nSPS) is 18.7. The molecule has 1 saturated heterocycles. The Labute approximate surface area is 133 Å². The zero-order valence-corrected chi connectivity index (χ0v) is 13.1. The third kappa shape index (κ3) is 4.07. The van der Waals surface area contributed by atoms with Crippen molar-refractivity contribution in [3.63, 3.8) is 0 Å². The second-order valence-corrected chi connectivity index (χ2v) is 5.51. The molecule has 0 bridgehead atoms. The van der Waals surface area contributed by atoms with Crippen molar-refractivity contribution in [2.45, 2.75) is 18.6 Å². The first-order valence-corrected chi connectivity index (χ1v) is 7.27. The number of likely N-dealkylation sites (N-methyl/N-ethyl adjacent to an activating group) is 1. The van der Waals surface area contributed by atoms with E-state index < -0.39 is 0 Å². The molecule has 1 heterocycles. The zero-order chi connectivity index (χ0) is 13.8. The van der Waals surface area contributed by atoms with Crippen molar-refractivity contribution in [3.05, 3.63) is 71.8 Å². The Bertz CT molecular complexity index is 492. The average molecular weight is 304 g/mol. The van der Waals surface area contributed by atoms with Crippen molar-refractivity contribution in [2.24, 2.45) is 0 Å². The van der Waals surface area contributed by atoms with Gasteiger partial charge in [0.25, 0.3) is 0 Å². The molecule has 1 fully saturated rings. The second kappa shape index (κ2) is 7.60. The molecule has 0 aromatic heterocycles. The SMILES string of the molecule is CN1CCC(OC(c2ccccc2)c2ccccc2)C1.Cl. The van der Waals surface area contributed by atoms with E-state index in [1.165, 1.54) is 11.1 Å². The number of likely N-dealkylation sites (tertiary alicyclic amines) is 1.